The molecule has 0 N–H and O–H groups in total. The zero-order valence-corrected chi connectivity index (χ0v) is 19.6. The highest BCUT2D eigenvalue weighted by Crippen LogP contribution is 2.41. The lowest BCUT2D eigenvalue weighted by atomic mass is 9.77. The highest BCUT2D eigenvalue weighted by molar-refractivity contribution is 7.08. The molecule has 9 nitrogen and oxygen atoms in total. The number of nitro benzene ring substituents is 1. The van der Waals surface area contributed by atoms with Gasteiger partial charge in [-0.05, 0) is 59.2 Å². The molecule has 0 radical (unpaired) electrons. The van der Waals surface area contributed by atoms with Gasteiger partial charge in [0.15, 0.2) is 0 Å². The van der Waals surface area contributed by atoms with Crippen LogP contribution in [0.3, 0.4) is 0 Å². The van der Waals surface area contributed by atoms with Crippen LogP contribution in [-0.2, 0) is 9.53 Å². The molecular weight excluding hydrogens is 458 g/mol. The van der Waals surface area contributed by atoms with Gasteiger partial charge in [-0.1, -0.05) is 6.07 Å². The molecule has 1 aromatic heterocycles. The standard InChI is InChI=1S/C24H25N3O6S/c1-33-23(30)21-18(3-2-4-19(21)27(31)32)22(29)26-13-10-24(16-26)8-11-25(12-9-24)20(28)6-5-17-7-14-34-15-17/h2-7,14-15H,8-13,16H2,1H3. The molecule has 3 heterocycles. The van der Waals surface area contributed by atoms with Crippen molar-refractivity contribution in [2.75, 3.05) is 33.3 Å². The lowest BCUT2D eigenvalue weighted by Gasteiger charge is -2.39. The number of likely N-dealkylation sites (tertiary alicyclic amines) is 2. The summed E-state index contributed by atoms with van der Waals surface area (Å²) >= 11 is 1.58. The Balaban J connectivity index is 1.43. The Morgan fingerprint density at radius 1 is 1.12 bits per heavy atom. The molecular formula is C24H25N3O6S. The van der Waals surface area contributed by atoms with Gasteiger partial charge in [-0.25, -0.2) is 4.79 Å². The van der Waals surface area contributed by atoms with E-state index in [0.717, 1.165) is 31.9 Å². The van der Waals surface area contributed by atoms with E-state index in [-0.39, 0.29) is 22.4 Å². The third-order valence-corrected chi connectivity index (χ3v) is 7.38. The maximum absolute atomic E-state index is 13.3. The largest absolute Gasteiger partial charge is 0.465 e. The number of amides is 2. The average Bonchev–Trinajstić information content (AvgIpc) is 3.52. The fraction of sp³-hybridized carbons (Fsp3) is 0.375. The second-order valence-electron chi connectivity index (χ2n) is 8.64. The molecule has 2 amide bonds. The molecule has 10 heteroatoms. The van der Waals surface area contributed by atoms with Gasteiger partial charge in [0, 0.05) is 38.3 Å². The van der Waals surface area contributed by atoms with E-state index in [1.807, 2.05) is 27.8 Å². The molecule has 178 valence electrons. The van der Waals surface area contributed by atoms with Crippen molar-refractivity contribution < 1.29 is 24.0 Å². The Morgan fingerprint density at radius 2 is 1.82 bits per heavy atom. The number of carbonyl (C=O) groups is 3. The molecule has 2 aliphatic rings. The van der Waals surface area contributed by atoms with Gasteiger partial charge in [-0.3, -0.25) is 19.7 Å². The highest BCUT2D eigenvalue weighted by Gasteiger charge is 2.43. The third kappa shape index (κ3) is 4.72. The van der Waals surface area contributed by atoms with Crippen LogP contribution in [0.25, 0.3) is 6.08 Å². The lowest BCUT2D eigenvalue weighted by molar-refractivity contribution is -0.385. The fourth-order valence-electron chi connectivity index (χ4n) is 4.72. The Morgan fingerprint density at radius 3 is 2.44 bits per heavy atom. The van der Waals surface area contributed by atoms with Gasteiger partial charge in [-0.2, -0.15) is 11.3 Å². The number of methoxy groups -OCH3 is 1. The van der Waals surface area contributed by atoms with E-state index in [1.165, 1.54) is 18.2 Å². The number of nitrogens with zero attached hydrogens (tertiary/aromatic N) is 3. The molecule has 34 heavy (non-hydrogen) atoms. The van der Waals surface area contributed by atoms with Crippen LogP contribution in [0.15, 0.2) is 41.1 Å². The number of nitro groups is 1. The smallest absolute Gasteiger partial charge is 0.345 e. The van der Waals surface area contributed by atoms with Crippen LogP contribution in [-0.4, -0.2) is 65.8 Å². The van der Waals surface area contributed by atoms with Crippen LogP contribution in [0.4, 0.5) is 5.69 Å². The van der Waals surface area contributed by atoms with Gasteiger partial charge in [0.2, 0.25) is 5.91 Å². The Hall–Kier alpha value is -3.53. The summed E-state index contributed by atoms with van der Waals surface area (Å²) in [6.45, 7) is 2.20. The second kappa shape index (κ2) is 9.76. The van der Waals surface area contributed by atoms with Crippen LogP contribution in [0.2, 0.25) is 0 Å². The van der Waals surface area contributed by atoms with E-state index in [1.54, 1.807) is 22.3 Å². The summed E-state index contributed by atoms with van der Waals surface area (Å²) in [5, 5.41) is 15.4. The van der Waals surface area contributed by atoms with Gasteiger partial charge >= 0.3 is 5.97 Å². The molecule has 0 unspecified atom stereocenters. The number of piperidine rings is 1. The average molecular weight is 484 g/mol. The summed E-state index contributed by atoms with van der Waals surface area (Å²) < 4.78 is 4.71. The Labute approximate surface area is 200 Å². The van der Waals surface area contributed by atoms with Gasteiger partial charge in [0.25, 0.3) is 11.6 Å². The van der Waals surface area contributed by atoms with E-state index in [4.69, 9.17) is 4.74 Å². The van der Waals surface area contributed by atoms with Crippen molar-refractivity contribution in [2.24, 2.45) is 5.41 Å². The highest BCUT2D eigenvalue weighted by atomic mass is 32.1. The number of thiophene rings is 1. The molecule has 1 spiro atoms. The molecule has 1 aromatic carbocycles. The minimum atomic E-state index is -0.910. The normalized spacial score (nSPS) is 17.3. The van der Waals surface area contributed by atoms with Crippen molar-refractivity contribution in [1.82, 2.24) is 9.80 Å². The fourth-order valence-corrected chi connectivity index (χ4v) is 5.35. The number of carbonyl (C=O) groups excluding carboxylic acids is 3. The van der Waals surface area contributed by atoms with Crippen LogP contribution in [0.5, 0.6) is 0 Å². The number of benzene rings is 1. The predicted molar refractivity (Wildman–Crippen MR) is 127 cm³/mol. The zero-order valence-electron chi connectivity index (χ0n) is 18.8. The minimum Gasteiger partial charge on any atom is -0.465 e. The van der Waals surface area contributed by atoms with E-state index < -0.39 is 22.5 Å². The third-order valence-electron chi connectivity index (χ3n) is 6.68. The second-order valence-corrected chi connectivity index (χ2v) is 9.42. The summed E-state index contributed by atoms with van der Waals surface area (Å²) in [6, 6.07) is 5.97. The monoisotopic (exact) mass is 483 g/mol. The van der Waals surface area contributed by atoms with E-state index in [2.05, 4.69) is 0 Å². The molecule has 2 aliphatic heterocycles. The number of esters is 1. The molecule has 0 bridgehead atoms. The molecule has 4 rings (SSSR count). The van der Waals surface area contributed by atoms with Crippen molar-refractivity contribution in [3.8, 4) is 0 Å². The number of rotatable bonds is 5. The van der Waals surface area contributed by atoms with Crippen molar-refractivity contribution in [2.45, 2.75) is 19.3 Å². The summed E-state index contributed by atoms with van der Waals surface area (Å²) in [5.41, 5.74) is 0.108. The summed E-state index contributed by atoms with van der Waals surface area (Å²) in [7, 11) is 1.13. The van der Waals surface area contributed by atoms with Crippen LogP contribution in [0.1, 0.15) is 45.5 Å². The maximum atomic E-state index is 13.3. The molecule has 2 saturated heterocycles. The first-order chi connectivity index (χ1) is 16.3. The Bertz CT molecular complexity index is 1140. The predicted octanol–water partition coefficient (Wildman–Crippen LogP) is 3.61. The number of ether oxygens (including phenoxy) is 1. The quantitative estimate of drug-likeness (QED) is 0.278. The topological polar surface area (TPSA) is 110 Å². The maximum Gasteiger partial charge on any atom is 0.345 e. The van der Waals surface area contributed by atoms with E-state index >= 15 is 0 Å². The summed E-state index contributed by atoms with van der Waals surface area (Å²) in [4.78, 5) is 52.3. The first-order valence-corrected chi connectivity index (χ1v) is 11.9. The molecule has 0 atom stereocenters. The summed E-state index contributed by atoms with van der Waals surface area (Å²) in [6.07, 6.45) is 5.74. The SMILES string of the molecule is COC(=O)c1c(C(=O)N2CCC3(CCN(C(=O)C=Cc4ccsc4)CC3)C2)cccc1[N+](=O)[O-]. The van der Waals surface area contributed by atoms with Gasteiger partial charge < -0.3 is 14.5 Å². The van der Waals surface area contributed by atoms with E-state index in [9.17, 15) is 24.5 Å². The summed E-state index contributed by atoms with van der Waals surface area (Å²) in [5.74, 6) is -1.35. The molecule has 2 aromatic rings. The first kappa shape index (κ1) is 23.6. The van der Waals surface area contributed by atoms with Crippen molar-refractivity contribution in [1.29, 1.82) is 0 Å². The van der Waals surface area contributed by atoms with Crippen LogP contribution in [0, 0.1) is 15.5 Å². The zero-order chi connectivity index (χ0) is 24.3. The van der Waals surface area contributed by atoms with Crippen molar-refractivity contribution in [3.63, 3.8) is 0 Å². The molecule has 2 fully saturated rings. The van der Waals surface area contributed by atoms with Gasteiger partial charge in [0.1, 0.15) is 5.56 Å². The number of hydrogen-bond acceptors (Lipinski definition) is 7. The number of hydrogen-bond donors (Lipinski definition) is 0. The van der Waals surface area contributed by atoms with Crippen LogP contribution < -0.4 is 0 Å². The Kier molecular flexibility index (Phi) is 6.78. The van der Waals surface area contributed by atoms with Gasteiger partial charge in [0.05, 0.1) is 17.6 Å². The van der Waals surface area contributed by atoms with Crippen LogP contribution >= 0.6 is 11.3 Å². The van der Waals surface area contributed by atoms with Gasteiger partial charge in [-0.15, -0.1) is 0 Å². The van der Waals surface area contributed by atoms with E-state index in [0.29, 0.717) is 26.2 Å². The minimum absolute atomic E-state index is 0.0219. The molecule has 0 saturated carbocycles. The van der Waals surface area contributed by atoms with Crippen molar-refractivity contribution in [3.05, 3.63) is 67.9 Å². The van der Waals surface area contributed by atoms with Crippen molar-refractivity contribution >= 4 is 40.9 Å². The first-order valence-electron chi connectivity index (χ1n) is 11.0. The molecule has 0 aliphatic carbocycles. The lowest BCUT2D eigenvalue weighted by Crippen LogP contribution is -2.44.